The second kappa shape index (κ2) is 6.48. The number of hydrogen-bond donors (Lipinski definition) is 1. The molecule has 1 N–H and O–H groups in total. The quantitative estimate of drug-likeness (QED) is 0.822. The number of hydrogen-bond acceptors (Lipinski definition) is 1. The predicted molar refractivity (Wildman–Crippen MR) is 72.6 cm³/mol. The Bertz CT molecular complexity index is 339. The second-order valence-corrected chi connectivity index (χ2v) is 4.96. The summed E-state index contributed by atoms with van der Waals surface area (Å²) in [6.07, 6.45) is 1.14. The Morgan fingerprint density at radius 2 is 1.94 bits per heavy atom. The summed E-state index contributed by atoms with van der Waals surface area (Å²) >= 11 is 12.2. The number of rotatable bonds is 5. The van der Waals surface area contributed by atoms with Crippen molar-refractivity contribution < 1.29 is 0 Å². The van der Waals surface area contributed by atoms with Gasteiger partial charge in [0.2, 0.25) is 0 Å². The average molecular weight is 260 g/mol. The standard InChI is InChI=1S/C13H19Cl2N/c1-4-8-16-10(3)9(2)11-6-5-7-12(14)13(11)15/h5-7,9-10,16H,4,8H2,1-3H3. The monoisotopic (exact) mass is 259 g/mol. The molecular weight excluding hydrogens is 241 g/mol. The third-order valence-electron chi connectivity index (χ3n) is 2.94. The smallest absolute Gasteiger partial charge is 0.0627 e. The van der Waals surface area contributed by atoms with Crippen molar-refractivity contribution in [3.63, 3.8) is 0 Å². The van der Waals surface area contributed by atoms with Gasteiger partial charge in [-0.05, 0) is 37.4 Å². The van der Waals surface area contributed by atoms with Gasteiger partial charge in [0.15, 0.2) is 0 Å². The fraction of sp³-hybridized carbons (Fsp3) is 0.538. The maximum absolute atomic E-state index is 6.21. The molecular formula is C13H19Cl2N. The zero-order valence-electron chi connectivity index (χ0n) is 10.1. The highest BCUT2D eigenvalue weighted by Gasteiger charge is 2.17. The first kappa shape index (κ1) is 13.8. The average Bonchev–Trinajstić information content (AvgIpc) is 2.28. The van der Waals surface area contributed by atoms with Crippen LogP contribution in [0.5, 0.6) is 0 Å². The lowest BCUT2D eigenvalue weighted by molar-refractivity contribution is 0.481. The van der Waals surface area contributed by atoms with Crippen molar-refractivity contribution >= 4 is 23.2 Å². The minimum absolute atomic E-state index is 0.359. The Hall–Kier alpha value is -0.240. The molecule has 3 heteroatoms. The summed E-state index contributed by atoms with van der Waals surface area (Å²) in [5.41, 5.74) is 1.12. The molecule has 1 aromatic carbocycles. The fourth-order valence-corrected chi connectivity index (χ4v) is 2.17. The molecule has 0 bridgehead atoms. The van der Waals surface area contributed by atoms with Gasteiger partial charge in [-0.3, -0.25) is 0 Å². The fourth-order valence-electron chi connectivity index (χ4n) is 1.69. The van der Waals surface area contributed by atoms with Gasteiger partial charge in [0.25, 0.3) is 0 Å². The van der Waals surface area contributed by atoms with Crippen molar-refractivity contribution in [1.82, 2.24) is 5.32 Å². The van der Waals surface area contributed by atoms with Crippen LogP contribution in [0.1, 0.15) is 38.7 Å². The summed E-state index contributed by atoms with van der Waals surface area (Å²) in [7, 11) is 0. The summed E-state index contributed by atoms with van der Waals surface area (Å²) in [4.78, 5) is 0. The SMILES string of the molecule is CCCNC(C)C(C)c1cccc(Cl)c1Cl. The van der Waals surface area contributed by atoms with Crippen LogP contribution >= 0.6 is 23.2 Å². The molecule has 0 spiro atoms. The first-order valence-corrected chi connectivity index (χ1v) is 6.50. The molecule has 0 saturated heterocycles. The molecule has 0 aromatic heterocycles. The molecule has 1 nitrogen and oxygen atoms in total. The zero-order valence-corrected chi connectivity index (χ0v) is 11.6. The van der Waals surface area contributed by atoms with E-state index in [0.717, 1.165) is 18.5 Å². The Labute approximate surface area is 108 Å². The summed E-state index contributed by atoms with van der Waals surface area (Å²) in [5.74, 6) is 0.359. The van der Waals surface area contributed by atoms with Crippen LogP contribution in [0.25, 0.3) is 0 Å². The topological polar surface area (TPSA) is 12.0 Å². The van der Waals surface area contributed by atoms with Gasteiger partial charge in [-0.1, -0.05) is 49.2 Å². The molecule has 0 saturated carbocycles. The minimum Gasteiger partial charge on any atom is -0.314 e. The normalized spacial score (nSPS) is 14.8. The molecule has 90 valence electrons. The first-order chi connectivity index (χ1) is 7.57. The molecule has 0 aliphatic rings. The predicted octanol–water partition coefficient (Wildman–Crippen LogP) is 4.49. The largest absolute Gasteiger partial charge is 0.314 e. The third kappa shape index (κ3) is 3.38. The van der Waals surface area contributed by atoms with Gasteiger partial charge in [0.05, 0.1) is 10.0 Å². The molecule has 2 unspecified atom stereocenters. The maximum atomic E-state index is 6.21. The van der Waals surface area contributed by atoms with E-state index in [4.69, 9.17) is 23.2 Å². The van der Waals surface area contributed by atoms with Crippen LogP contribution in [0.3, 0.4) is 0 Å². The molecule has 16 heavy (non-hydrogen) atoms. The van der Waals surface area contributed by atoms with Gasteiger partial charge in [0, 0.05) is 6.04 Å². The molecule has 0 heterocycles. The lowest BCUT2D eigenvalue weighted by Gasteiger charge is -2.22. The van der Waals surface area contributed by atoms with Crippen molar-refractivity contribution in [2.24, 2.45) is 0 Å². The van der Waals surface area contributed by atoms with Crippen LogP contribution < -0.4 is 5.32 Å². The Morgan fingerprint density at radius 3 is 2.56 bits per heavy atom. The number of halogens is 2. The molecule has 0 fully saturated rings. The van der Waals surface area contributed by atoms with Crippen molar-refractivity contribution in [2.75, 3.05) is 6.54 Å². The van der Waals surface area contributed by atoms with Crippen LogP contribution in [0.4, 0.5) is 0 Å². The van der Waals surface area contributed by atoms with Gasteiger partial charge in [-0.25, -0.2) is 0 Å². The highest BCUT2D eigenvalue weighted by atomic mass is 35.5. The van der Waals surface area contributed by atoms with Crippen molar-refractivity contribution in [3.05, 3.63) is 33.8 Å². The number of nitrogens with one attached hydrogen (secondary N) is 1. The minimum atomic E-state index is 0.359. The van der Waals surface area contributed by atoms with E-state index in [1.165, 1.54) is 0 Å². The van der Waals surface area contributed by atoms with E-state index in [9.17, 15) is 0 Å². The van der Waals surface area contributed by atoms with Crippen LogP contribution in [-0.4, -0.2) is 12.6 Å². The molecule has 2 atom stereocenters. The zero-order chi connectivity index (χ0) is 12.1. The van der Waals surface area contributed by atoms with E-state index in [1.54, 1.807) is 0 Å². The van der Waals surface area contributed by atoms with Gasteiger partial charge < -0.3 is 5.32 Å². The van der Waals surface area contributed by atoms with Gasteiger partial charge in [-0.15, -0.1) is 0 Å². The van der Waals surface area contributed by atoms with Gasteiger partial charge in [-0.2, -0.15) is 0 Å². The van der Waals surface area contributed by atoms with E-state index >= 15 is 0 Å². The molecule has 1 aromatic rings. The van der Waals surface area contributed by atoms with E-state index in [2.05, 4.69) is 26.1 Å². The van der Waals surface area contributed by atoms with E-state index in [1.807, 2.05) is 18.2 Å². The highest BCUT2D eigenvalue weighted by molar-refractivity contribution is 6.42. The Kier molecular flexibility index (Phi) is 5.60. The molecule has 0 amide bonds. The maximum Gasteiger partial charge on any atom is 0.0627 e. The van der Waals surface area contributed by atoms with Gasteiger partial charge in [0.1, 0.15) is 0 Å². The lowest BCUT2D eigenvalue weighted by atomic mass is 9.94. The van der Waals surface area contributed by atoms with Crippen molar-refractivity contribution in [2.45, 2.75) is 39.2 Å². The van der Waals surface area contributed by atoms with Crippen LogP contribution in [0, 0.1) is 0 Å². The first-order valence-electron chi connectivity index (χ1n) is 5.75. The molecule has 0 radical (unpaired) electrons. The van der Waals surface area contributed by atoms with Crippen molar-refractivity contribution in [1.29, 1.82) is 0 Å². The van der Waals surface area contributed by atoms with Gasteiger partial charge >= 0.3 is 0 Å². The summed E-state index contributed by atoms with van der Waals surface area (Å²) in [5, 5.41) is 4.79. The lowest BCUT2D eigenvalue weighted by Crippen LogP contribution is -2.31. The van der Waals surface area contributed by atoms with E-state index in [-0.39, 0.29) is 0 Å². The second-order valence-electron chi connectivity index (χ2n) is 4.17. The van der Waals surface area contributed by atoms with Crippen molar-refractivity contribution in [3.8, 4) is 0 Å². The highest BCUT2D eigenvalue weighted by Crippen LogP contribution is 2.32. The van der Waals surface area contributed by atoms with E-state index in [0.29, 0.717) is 22.0 Å². The summed E-state index contributed by atoms with van der Waals surface area (Å²) in [6.45, 7) is 7.54. The summed E-state index contributed by atoms with van der Waals surface area (Å²) < 4.78 is 0. The molecule has 0 aliphatic heterocycles. The van der Waals surface area contributed by atoms with Crippen LogP contribution in [-0.2, 0) is 0 Å². The van der Waals surface area contributed by atoms with E-state index < -0.39 is 0 Å². The Morgan fingerprint density at radius 1 is 1.25 bits per heavy atom. The van der Waals surface area contributed by atoms with Crippen LogP contribution in [0.2, 0.25) is 10.0 Å². The third-order valence-corrected chi connectivity index (χ3v) is 3.77. The summed E-state index contributed by atoms with van der Waals surface area (Å²) in [6, 6.07) is 6.22. The number of benzene rings is 1. The van der Waals surface area contributed by atoms with Crippen LogP contribution in [0.15, 0.2) is 18.2 Å². The Balaban J connectivity index is 2.79. The molecule has 1 rings (SSSR count). The molecule has 0 aliphatic carbocycles.